The number of aromatic hydroxyl groups is 1. The minimum Gasteiger partial charge on any atom is -0.507 e. The summed E-state index contributed by atoms with van der Waals surface area (Å²) >= 11 is 0. The summed E-state index contributed by atoms with van der Waals surface area (Å²) in [5, 5.41) is 10.2. The van der Waals surface area contributed by atoms with E-state index in [4.69, 9.17) is 0 Å². The van der Waals surface area contributed by atoms with Crippen molar-refractivity contribution in [1.82, 2.24) is 14.5 Å². The molecule has 0 saturated carbocycles. The van der Waals surface area contributed by atoms with Crippen molar-refractivity contribution in [2.45, 2.75) is 45.4 Å². The number of hydrogen-bond acceptors (Lipinski definition) is 6. The lowest BCUT2D eigenvalue weighted by atomic mass is 9.94. The fourth-order valence-electron chi connectivity index (χ4n) is 6.70. The van der Waals surface area contributed by atoms with Crippen LogP contribution < -0.4 is 15.4 Å². The predicted molar refractivity (Wildman–Crippen MR) is 169 cm³/mol. The van der Waals surface area contributed by atoms with Crippen molar-refractivity contribution in [1.29, 1.82) is 0 Å². The number of phenols is 1. The molecule has 4 aromatic rings. The SMILES string of the molecule is C=CC(=O)N1CC2(F)C(=O)N(C)c3c(c4cc(F)c(-c5c(O)cccc5F)c(F)c4n(-c4c(C)ccnc4C(C)C)c3=O)N2CC1C. The molecule has 47 heavy (non-hydrogen) atoms. The second-order valence-corrected chi connectivity index (χ2v) is 12.2. The number of carbonyl (C=O) groups excluding carboxylic acids is 2. The second kappa shape index (κ2) is 11.0. The molecule has 2 amide bonds. The van der Waals surface area contributed by atoms with Gasteiger partial charge in [0.1, 0.15) is 23.1 Å². The fraction of sp³-hybridized carbons (Fsp3) is 0.294. The van der Waals surface area contributed by atoms with Gasteiger partial charge >= 0.3 is 0 Å². The summed E-state index contributed by atoms with van der Waals surface area (Å²) in [7, 11) is 1.17. The number of anilines is 2. The maximum absolute atomic E-state index is 17.2. The highest BCUT2D eigenvalue weighted by molar-refractivity contribution is 6.14. The number of amides is 2. The third-order valence-electron chi connectivity index (χ3n) is 8.95. The van der Waals surface area contributed by atoms with E-state index in [0.717, 1.165) is 49.6 Å². The molecular formula is C34H31F4N5O4. The van der Waals surface area contributed by atoms with Crippen molar-refractivity contribution >= 4 is 34.1 Å². The number of aryl methyl sites for hydroxylation is 1. The first-order valence-corrected chi connectivity index (χ1v) is 14.9. The number of fused-ring (bicyclic) bond motifs is 5. The first-order valence-electron chi connectivity index (χ1n) is 14.9. The van der Waals surface area contributed by atoms with Gasteiger partial charge in [-0.3, -0.25) is 23.9 Å². The largest absolute Gasteiger partial charge is 0.507 e. The van der Waals surface area contributed by atoms with Gasteiger partial charge in [-0.25, -0.2) is 17.6 Å². The maximum Gasteiger partial charge on any atom is 0.287 e. The number of nitrogens with zero attached hydrogens (tertiary/aromatic N) is 5. The van der Waals surface area contributed by atoms with Crippen LogP contribution in [-0.4, -0.2) is 63.3 Å². The highest BCUT2D eigenvalue weighted by atomic mass is 19.2. The number of benzene rings is 2. The topological polar surface area (TPSA) is 99.0 Å². The molecule has 1 N–H and O–H groups in total. The first kappa shape index (κ1) is 31.8. The number of piperazine rings is 1. The van der Waals surface area contributed by atoms with Crippen molar-refractivity contribution < 1.29 is 32.3 Å². The predicted octanol–water partition coefficient (Wildman–Crippen LogP) is 5.47. The minimum atomic E-state index is -2.93. The van der Waals surface area contributed by atoms with Gasteiger partial charge in [-0.1, -0.05) is 26.5 Å². The fourth-order valence-corrected chi connectivity index (χ4v) is 6.70. The summed E-state index contributed by atoms with van der Waals surface area (Å²) in [6.45, 7) is 9.22. The molecule has 9 nitrogen and oxygen atoms in total. The van der Waals surface area contributed by atoms with Crippen LogP contribution in [0, 0.1) is 24.4 Å². The average Bonchev–Trinajstić information content (AvgIpc) is 3.01. The average molecular weight is 650 g/mol. The molecule has 4 heterocycles. The monoisotopic (exact) mass is 649 g/mol. The van der Waals surface area contributed by atoms with Crippen molar-refractivity contribution in [3.63, 3.8) is 0 Å². The Morgan fingerprint density at radius 2 is 1.81 bits per heavy atom. The summed E-state index contributed by atoms with van der Waals surface area (Å²) in [6, 6.07) is 4.85. The Hall–Kier alpha value is -5.20. The smallest absolute Gasteiger partial charge is 0.287 e. The molecular weight excluding hydrogens is 618 g/mol. The van der Waals surface area contributed by atoms with Gasteiger partial charge in [0.2, 0.25) is 5.91 Å². The van der Waals surface area contributed by atoms with Crippen molar-refractivity contribution in [2.75, 3.05) is 29.9 Å². The Bertz CT molecular complexity index is 2080. The molecule has 2 aliphatic heterocycles. The summed E-state index contributed by atoms with van der Waals surface area (Å²) in [4.78, 5) is 48.5. The van der Waals surface area contributed by atoms with Crippen LogP contribution in [-0.2, 0) is 9.59 Å². The number of pyridine rings is 2. The lowest BCUT2D eigenvalue weighted by Gasteiger charge is -2.52. The molecule has 0 aliphatic carbocycles. The minimum absolute atomic E-state index is 0.141. The number of rotatable bonds is 4. The molecule has 2 aromatic carbocycles. The zero-order valence-electron chi connectivity index (χ0n) is 26.2. The van der Waals surface area contributed by atoms with E-state index in [1.165, 1.54) is 13.2 Å². The van der Waals surface area contributed by atoms with Gasteiger partial charge in [0.05, 0.1) is 40.3 Å². The van der Waals surface area contributed by atoms with Crippen LogP contribution in [0.15, 0.2) is 54.0 Å². The maximum atomic E-state index is 17.2. The van der Waals surface area contributed by atoms with E-state index in [1.54, 1.807) is 33.8 Å². The summed E-state index contributed by atoms with van der Waals surface area (Å²) < 4.78 is 66.6. The molecule has 244 valence electrons. The number of carbonyl (C=O) groups is 2. The van der Waals surface area contributed by atoms with Gasteiger partial charge in [-0.05, 0) is 55.7 Å². The van der Waals surface area contributed by atoms with E-state index in [0.29, 0.717) is 11.3 Å². The van der Waals surface area contributed by atoms with Gasteiger partial charge in [0.25, 0.3) is 17.3 Å². The Morgan fingerprint density at radius 1 is 1.11 bits per heavy atom. The number of hydrogen-bond donors (Lipinski definition) is 1. The van der Waals surface area contributed by atoms with Crippen LogP contribution in [0.3, 0.4) is 0 Å². The van der Waals surface area contributed by atoms with Gasteiger partial charge < -0.3 is 19.8 Å². The molecule has 13 heteroatoms. The van der Waals surface area contributed by atoms with Crippen LogP contribution in [0.1, 0.15) is 37.9 Å². The zero-order chi connectivity index (χ0) is 34.3. The number of alkyl halides is 1. The highest BCUT2D eigenvalue weighted by Crippen LogP contribution is 2.49. The molecule has 0 spiro atoms. The van der Waals surface area contributed by atoms with Crippen LogP contribution in [0.2, 0.25) is 0 Å². The van der Waals surface area contributed by atoms with E-state index in [1.807, 2.05) is 0 Å². The normalized spacial score (nSPS) is 19.3. The van der Waals surface area contributed by atoms with Crippen LogP contribution >= 0.6 is 0 Å². The lowest BCUT2D eigenvalue weighted by molar-refractivity contribution is -0.140. The van der Waals surface area contributed by atoms with Crippen molar-refractivity contribution in [2.24, 2.45) is 0 Å². The van der Waals surface area contributed by atoms with E-state index in [-0.39, 0.29) is 34.9 Å². The third kappa shape index (κ3) is 4.43. The van der Waals surface area contributed by atoms with Crippen LogP contribution in [0.25, 0.3) is 27.7 Å². The lowest BCUT2D eigenvalue weighted by Crippen LogP contribution is -2.72. The Balaban J connectivity index is 1.82. The molecule has 2 aromatic heterocycles. The Kier molecular flexibility index (Phi) is 7.41. The number of phenolic OH excluding ortho intramolecular Hbond substituents is 1. The van der Waals surface area contributed by atoms with Gasteiger partial charge in [0.15, 0.2) is 5.82 Å². The second-order valence-electron chi connectivity index (χ2n) is 12.2. The van der Waals surface area contributed by atoms with E-state index in [2.05, 4.69) is 11.6 Å². The molecule has 1 fully saturated rings. The van der Waals surface area contributed by atoms with E-state index >= 15 is 17.6 Å². The van der Waals surface area contributed by atoms with E-state index < -0.39 is 75.6 Å². The molecule has 1 saturated heterocycles. The van der Waals surface area contributed by atoms with Gasteiger partial charge in [0, 0.05) is 31.2 Å². The molecule has 2 atom stereocenters. The number of aromatic nitrogens is 2. The Morgan fingerprint density at radius 3 is 2.45 bits per heavy atom. The summed E-state index contributed by atoms with van der Waals surface area (Å²) in [6.07, 6.45) is 2.50. The molecule has 2 aliphatic rings. The molecule has 2 unspecified atom stereocenters. The van der Waals surface area contributed by atoms with Crippen LogP contribution in [0.5, 0.6) is 5.75 Å². The number of likely N-dealkylation sites (N-methyl/N-ethyl adjacent to an activating group) is 1. The number of halogens is 4. The van der Waals surface area contributed by atoms with Gasteiger partial charge in [-0.2, -0.15) is 0 Å². The zero-order valence-corrected chi connectivity index (χ0v) is 26.2. The van der Waals surface area contributed by atoms with Crippen molar-refractivity contribution in [3.05, 3.63) is 88.2 Å². The molecule has 0 radical (unpaired) electrons. The summed E-state index contributed by atoms with van der Waals surface area (Å²) in [5.41, 5.74) is -2.88. The molecule has 6 rings (SSSR count). The van der Waals surface area contributed by atoms with Crippen molar-refractivity contribution in [3.8, 4) is 22.6 Å². The highest BCUT2D eigenvalue weighted by Gasteiger charge is 2.58. The molecule has 0 bridgehead atoms. The quantitative estimate of drug-likeness (QED) is 0.179. The first-order chi connectivity index (χ1) is 22.1. The standard InChI is InChI=1S/C34H31F4N5O4/c1-7-23(45)41-15-34(38)33(47)40(6)31-30(42(34)14-18(41)5)19-13-21(36)25(24-20(35)9-8-10-22(24)44)26(37)29(19)43(32(31)46)28-17(4)11-12-39-27(28)16(2)3/h7-13,16,18,44H,1,14-15H2,2-6H3. The summed E-state index contributed by atoms with van der Waals surface area (Å²) in [5.74, 6) is -9.63. The van der Waals surface area contributed by atoms with Crippen LogP contribution in [0.4, 0.5) is 28.9 Å². The third-order valence-corrected chi connectivity index (χ3v) is 8.95. The van der Waals surface area contributed by atoms with E-state index in [9.17, 15) is 19.5 Å². The van der Waals surface area contributed by atoms with Gasteiger partial charge in [-0.15, -0.1) is 0 Å². The Labute approximate surface area is 267 Å².